The molecule has 29 heavy (non-hydrogen) atoms. The molecule has 2 amide bonds. The monoisotopic (exact) mass is 412 g/mol. The Balaban J connectivity index is 1.82. The van der Waals surface area contributed by atoms with Gasteiger partial charge in [0.25, 0.3) is 0 Å². The van der Waals surface area contributed by atoms with E-state index in [-0.39, 0.29) is 29.7 Å². The normalized spacial score (nSPS) is 10.4. The van der Waals surface area contributed by atoms with Gasteiger partial charge in [0.1, 0.15) is 11.6 Å². The third kappa shape index (κ3) is 4.94. The van der Waals surface area contributed by atoms with E-state index in [0.29, 0.717) is 22.8 Å². The molecule has 0 atom stereocenters. The van der Waals surface area contributed by atoms with E-state index in [2.05, 4.69) is 15.3 Å². The molecule has 8 heteroatoms. The summed E-state index contributed by atoms with van der Waals surface area (Å²) in [7, 11) is 0. The van der Waals surface area contributed by atoms with Crippen molar-refractivity contribution in [1.82, 2.24) is 9.97 Å². The Kier molecular flexibility index (Phi) is 6.51. The number of halogens is 2. The molecule has 0 radical (unpaired) electrons. The number of anilines is 3. The van der Waals surface area contributed by atoms with Crippen LogP contribution in [0.4, 0.5) is 21.6 Å². The summed E-state index contributed by atoms with van der Waals surface area (Å²) < 4.78 is 13.6. The molecule has 1 N–H and O–H groups in total. The van der Waals surface area contributed by atoms with Crippen molar-refractivity contribution >= 4 is 40.6 Å². The molecule has 0 fully saturated rings. The van der Waals surface area contributed by atoms with E-state index < -0.39 is 5.82 Å². The van der Waals surface area contributed by atoms with E-state index in [9.17, 15) is 14.0 Å². The molecule has 0 aliphatic rings. The van der Waals surface area contributed by atoms with Gasteiger partial charge in [-0.15, -0.1) is 0 Å². The molecule has 0 saturated heterocycles. The van der Waals surface area contributed by atoms with Gasteiger partial charge in [-0.2, -0.15) is 0 Å². The smallest absolute Gasteiger partial charge is 0.232 e. The molecule has 0 aliphatic carbocycles. The lowest BCUT2D eigenvalue weighted by atomic mass is 10.1. The molecule has 6 nitrogen and oxygen atoms in total. The highest BCUT2D eigenvalue weighted by molar-refractivity contribution is 6.31. The lowest BCUT2D eigenvalue weighted by Gasteiger charge is -2.21. The SMILES string of the molecule is CCC(=O)N(c1ccncc1)c1cc(NC(=O)Cc2cccc(F)c2Cl)ccn1. The lowest BCUT2D eigenvalue weighted by Crippen LogP contribution is -2.26. The second kappa shape index (κ2) is 9.25. The first-order valence-electron chi connectivity index (χ1n) is 8.91. The number of nitrogens with zero attached hydrogens (tertiary/aromatic N) is 3. The van der Waals surface area contributed by atoms with Crippen LogP contribution in [0.3, 0.4) is 0 Å². The van der Waals surface area contributed by atoms with Crippen LogP contribution in [0.2, 0.25) is 5.02 Å². The predicted molar refractivity (Wildman–Crippen MR) is 110 cm³/mol. The maximum absolute atomic E-state index is 13.6. The number of hydrogen-bond donors (Lipinski definition) is 1. The van der Waals surface area contributed by atoms with Crippen LogP contribution in [0.5, 0.6) is 0 Å². The Bertz CT molecular complexity index is 1030. The maximum Gasteiger partial charge on any atom is 0.232 e. The summed E-state index contributed by atoms with van der Waals surface area (Å²) in [5.74, 6) is -0.732. The average molecular weight is 413 g/mol. The van der Waals surface area contributed by atoms with E-state index in [4.69, 9.17) is 11.6 Å². The Morgan fingerprint density at radius 1 is 1.14 bits per heavy atom. The molecular formula is C21H18ClFN4O2. The third-order valence-electron chi connectivity index (χ3n) is 4.11. The van der Waals surface area contributed by atoms with Gasteiger partial charge in [-0.25, -0.2) is 9.37 Å². The molecule has 0 aliphatic heterocycles. The average Bonchev–Trinajstić information content (AvgIpc) is 2.72. The van der Waals surface area contributed by atoms with Crippen molar-refractivity contribution in [3.63, 3.8) is 0 Å². The van der Waals surface area contributed by atoms with Crippen molar-refractivity contribution in [2.75, 3.05) is 10.2 Å². The second-order valence-electron chi connectivity index (χ2n) is 6.13. The lowest BCUT2D eigenvalue weighted by molar-refractivity contribution is -0.117. The van der Waals surface area contributed by atoms with Gasteiger partial charge >= 0.3 is 0 Å². The molecule has 3 aromatic rings. The Labute approximate surface area is 172 Å². The van der Waals surface area contributed by atoms with Crippen LogP contribution in [-0.4, -0.2) is 21.8 Å². The summed E-state index contributed by atoms with van der Waals surface area (Å²) in [5.41, 5.74) is 1.46. The van der Waals surface area contributed by atoms with Gasteiger partial charge in [0.15, 0.2) is 0 Å². The van der Waals surface area contributed by atoms with Crippen molar-refractivity contribution in [1.29, 1.82) is 0 Å². The summed E-state index contributed by atoms with van der Waals surface area (Å²) in [4.78, 5) is 34.6. The number of amides is 2. The summed E-state index contributed by atoms with van der Waals surface area (Å²) in [6, 6.07) is 10.9. The molecule has 148 valence electrons. The number of hydrogen-bond acceptors (Lipinski definition) is 4. The minimum Gasteiger partial charge on any atom is -0.326 e. The third-order valence-corrected chi connectivity index (χ3v) is 4.54. The Hall–Kier alpha value is -3.32. The Morgan fingerprint density at radius 2 is 1.90 bits per heavy atom. The van der Waals surface area contributed by atoms with E-state index in [0.717, 1.165) is 0 Å². The van der Waals surface area contributed by atoms with E-state index >= 15 is 0 Å². The van der Waals surface area contributed by atoms with Gasteiger partial charge in [0.05, 0.1) is 17.1 Å². The summed E-state index contributed by atoms with van der Waals surface area (Å²) >= 11 is 5.91. The number of aromatic nitrogens is 2. The van der Waals surface area contributed by atoms with Gasteiger partial charge in [-0.05, 0) is 29.8 Å². The van der Waals surface area contributed by atoms with Crippen LogP contribution in [0.15, 0.2) is 61.1 Å². The van der Waals surface area contributed by atoms with Crippen LogP contribution >= 0.6 is 11.6 Å². The largest absolute Gasteiger partial charge is 0.326 e. The standard InChI is InChI=1S/C21H18ClFN4O2/c1-2-20(29)27(16-7-9-24-10-8-16)18-13-15(6-11-25-18)26-19(28)12-14-4-3-5-17(23)21(14)22/h3-11,13H,2,12H2,1H3,(H,25,26,28). The summed E-state index contributed by atoms with van der Waals surface area (Å²) in [6.45, 7) is 1.75. The van der Waals surface area contributed by atoms with Gasteiger partial charge < -0.3 is 5.32 Å². The zero-order valence-corrected chi connectivity index (χ0v) is 16.4. The highest BCUT2D eigenvalue weighted by Crippen LogP contribution is 2.26. The van der Waals surface area contributed by atoms with E-state index in [1.807, 2.05) is 0 Å². The fourth-order valence-corrected chi connectivity index (χ4v) is 2.93. The van der Waals surface area contributed by atoms with Crippen LogP contribution in [0, 0.1) is 5.82 Å². The van der Waals surface area contributed by atoms with Gasteiger partial charge in [0, 0.05) is 36.8 Å². The zero-order valence-electron chi connectivity index (χ0n) is 15.6. The number of carbonyl (C=O) groups is 2. The minimum absolute atomic E-state index is 0.0736. The maximum atomic E-state index is 13.6. The van der Waals surface area contributed by atoms with Crippen LogP contribution in [0.1, 0.15) is 18.9 Å². The van der Waals surface area contributed by atoms with Crippen LogP contribution in [0.25, 0.3) is 0 Å². The zero-order chi connectivity index (χ0) is 20.8. The molecule has 1 aromatic carbocycles. The van der Waals surface area contributed by atoms with Crippen molar-refractivity contribution in [2.45, 2.75) is 19.8 Å². The number of nitrogens with one attached hydrogen (secondary N) is 1. The molecule has 0 saturated carbocycles. The molecule has 0 bridgehead atoms. The predicted octanol–water partition coefficient (Wildman–Crippen LogP) is 4.53. The highest BCUT2D eigenvalue weighted by atomic mass is 35.5. The minimum atomic E-state index is -0.575. The molecular weight excluding hydrogens is 395 g/mol. The van der Waals surface area contributed by atoms with E-state index in [1.165, 1.54) is 23.2 Å². The topological polar surface area (TPSA) is 75.2 Å². The van der Waals surface area contributed by atoms with Crippen molar-refractivity contribution in [3.05, 3.63) is 77.5 Å². The van der Waals surface area contributed by atoms with Crippen LogP contribution in [-0.2, 0) is 16.0 Å². The van der Waals surface area contributed by atoms with Gasteiger partial charge in [0.2, 0.25) is 11.8 Å². The van der Waals surface area contributed by atoms with Gasteiger partial charge in [-0.3, -0.25) is 19.5 Å². The molecule has 2 heterocycles. The van der Waals surface area contributed by atoms with Crippen LogP contribution < -0.4 is 10.2 Å². The molecule has 0 unspecified atom stereocenters. The number of carbonyl (C=O) groups excluding carboxylic acids is 2. The van der Waals surface area contributed by atoms with Crippen molar-refractivity contribution < 1.29 is 14.0 Å². The molecule has 2 aromatic heterocycles. The first-order valence-corrected chi connectivity index (χ1v) is 9.29. The fraction of sp³-hybridized carbons (Fsp3) is 0.143. The molecule has 0 spiro atoms. The number of benzene rings is 1. The fourth-order valence-electron chi connectivity index (χ4n) is 2.74. The summed E-state index contributed by atoms with van der Waals surface area (Å²) in [6.07, 6.45) is 4.85. The Morgan fingerprint density at radius 3 is 2.62 bits per heavy atom. The van der Waals surface area contributed by atoms with Crippen molar-refractivity contribution in [3.8, 4) is 0 Å². The van der Waals surface area contributed by atoms with Crippen molar-refractivity contribution in [2.24, 2.45) is 0 Å². The first-order chi connectivity index (χ1) is 14.0. The highest BCUT2D eigenvalue weighted by Gasteiger charge is 2.18. The first kappa shape index (κ1) is 20.4. The quantitative estimate of drug-likeness (QED) is 0.645. The molecule has 3 rings (SSSR count). The number of rotatable bonds is 6. The second-order valence-corrected chi connectivity index (χ2v) is 6.51. The summed E-state index contributed by atoms with van der Waals surface area (Å²) in [5, 5.41) is 2.66. The number of pyridine rings is 2. The van der Waals surface area contributed by atoms with E-state index in [1.54, 1.807) is 49.6 Å². The van der Waals surface area contributed by atoms with Gasteiger partial charge in [-0.1, -0.05) is 30.7 Å².